The van der Waals surface area contributed by atoms with E-state index in [0.717, 1.165) is 37.1 Å². The Hall–Kier alpha value is -2.50. The van der Waals surface area contributed by atoms with Crippen molar-refractivity contribution in [2.45, 2.75) is 65.3 Å². The van der Waals surface area contributed by atoms with Crippen LogP contribution in [0.15, 0.2) is 4.42 Å². The summed E-state index contributed by atoms with van der Waals surface area (Å²) < 4.78 is 5.66. The van der Waals surface area contributed by atoms with Crippen LogP contribution < -0.4 is 5.32 Å². The molecule has 2 heterocycles. The summed E-state index contributed by atoms with van der Waals surface area (Å²) in [6, 6.07) is 0. The summed E-state index contributed by atoms with van der Waals surface area (Å²) in [6.07, 6.45) is 6.31. The number of nitrogens with zero attached hydrogens (tertiary/aromatic N) is 2. The van der Waals surface area contributed by atoms with Crippen LogP contribution in [0.5, 0.6) is 0 Å². The summed E-state index contributed by atoms with van der Waals surface area (Å²) in [7, 11) is 0. The van der Waals surface area contributed by atoms with Crippen molar-refractivity contribution in [2.24, 2.45) is 0 Å². The highest BCUT2D eigenvalue weighted by molar-refractivity contribution is 6.09. The molecule has 0 spiro atoms. The van der Waals surface area contributed by atoms with Crippen LogP contribution in [0, 0.1) is 13.8 Å². The smallest absolute Gasteiger partial charge is 0.255 e. The Morgan fingerprint density at radius 1 is 1.08 bits per heavy atom. The summed E-state index contributed by atoms with van der Waals surface area (Å²) in [5.41, 5.74) is 4.22. The van der Waals surface area contributed by atoms with E-state index in [1.807, 2.05) is 6.92 Å². The Bertz CT molecular complexity index is 898. The molecule has 6 nitrogen and oxygen atoms in total. The quantitative estimate of drug-likeness (QED) is 0.917. The van der Waals surface area contributed by atoms with Gasteiger partial charge in [0.2, 0.25) is 0 Å². The first kappa shape index (κ1) is 16.9. The number of rotatable bonds is 3. The van der Waals surface area contributed by atoms with E-state index < -0.39 is 0 Å². The van der Waals surface area contributed by atoms with Crippen LogP contribution in [0.3, 0.4) is 0 Å². The van der Waals surface area contributed by atoms with Crippen LogP contribution in [0.4, 0.5) is 0 Å². The molecule has 136 valence electrons. The average molecular weight is 353 g/mol. The fraction of sp³-hybridized carbons (Fsp3) is 0.500. The zero-order chi connectivity index (χ0) is 18.3. The molecule has 0 saturated heterocycles. The third-order valence-electron chi connectivity index (χ3n) is 5.31. The zero-order valence-corrected chi connectivity index (χ0v) is 15.3. The zero-order valence-electron chi connectivity index (χ0n) is 15.3. The van der Waals surface area contributed by atoms with Crippen molar-refractivity contribution in [1.82, 2.24) is 15.3 Å². The highest BCUT2D eigenvalue weighted by Gasteiger charge is 2.30. The van der Waals surface area contributed by atoms with E-state index in [0.29, 0.717) is 41.3 Å². The van der Waals surface area contributed by atoms with Crippen LogP contribution in [0.25, 0.3) is 0 Å². The molecule has 0 atom stereocenters. The number of aromatic nitrogens is 2. The van der Waals surface area contributed by atoms with E-state index in [9.17, 15) is 9.59 Å². The van der Waals surface area contributed by atoms with Crippen molar-refractivity contribution in [2.75, 3.05) is 0 Å². The van der Waals surface area contributed by atoms with Gasteiger partial charge in [-0.25, -0.2) is 9.97 Å². The molecule has 1 N–H and O–H groups in total. The Morgan fingerprint density at radius 3 is 2.73 bits per heavy atom. The molecule has 0 aromatic carbocycles. The molecule has 26 heavy (non-hydrogen) atoms. The van der Waals surface area contributed by atoms with Crippen molar-refractivity contribution in [3.05, 3.63) is 45.4 Å². The number of Topliss-reactive ketones (excluding diaryl/α,β-unsaturated/α-hetero) is 1. The summed E-state index contributed by atoms with van der Waals surface area (Å²) in [6.45, 7) is 3.99. The van der Waals surface area contributed by atoms with Gasteiger partial charge in [0, 0.05) is 24.2 Å². The molecule has 0 radical (unpaired) electrons. The number of fused-ring (bicyclic) bond motifs is 2. The van der Waals surface area contributed by atoms with Gasteiger partial charge in [-0.15, -0.1) is 0 Å². The van der Waals surface area contributed by atoms with Gasteiger partial charge in [-0.2, -0.15) is 0 Å². The van der Waals surface area contributed by atoms with E-state index in [1.54, 1.807) is 6.92 Å². The second-order valence-electron chi connectivity index (χ2n) is 7.15. The maximum absolute atomic E-state index is 12.7. The molecule has 4 rings (SSSR count). The molecule has 6 heteroatoms. The lowest BCUT2D eigenvalue weighted by atomic mass is 9.93. The maximum atomic E-state index is 12.7. The Morgan fingerprint density at radius 2 is 1.88 bits per heavy atom. The van der Waals surface area contributed by atoms with Crippen molar-refractivity contribution < 1.29 is 14.0 Å². The molecule has 2 aliphatic carbocycles. The first-order valence-corrected chi connectivity index (χ1v) is 9.33. The molecule has 2 aliphatic rings. The number of carbonyl (C=O) groups excluding carboxylic acids is 2. The number of furan rings is 1. The highest BCUT2D eigenvalue weighted by atomic mass is 16.3. The molecular formula is C20H23N3O3. The van der Waals surface area contributed by atoms with Crippen LogP contribution in [0.2, 0.25) is 0 Å². The van der Waals surface area contributed by atoms with Gasteiger partial charge < -0.3 is 9.73 Å². The van der Waals surface area contributed by atoms with Gasteiger partial charge in [-0.05, 0) is 51.5 Å². The van der Waals surface area contributed by atoms with Gasteiger partial charge in [0.25, 0.3) is 5.91 Å². The van der Waals surface area contributed by atoms with Gasteiger partial charge in [-0.1, -0.05) is 0 Å². The van der Waals surface area contributed by atoms with Crippen molar-refractivity contribution >= 4 is 11.7 Å². The van der Waals surface area contributed by atoms with Gasteiger partial charge in [0.05, 0.1) is 17.7 Å². The molecule has 2 aromatic heterocycles. The Balaban J connectivity index is 1.54. The number of hydrogen-bond donors (Lipinski definition) is 1. The first-order valence-electron chi connectivity index (χ1n) is 9.33. The molecule has 0 bridgehead atoms. The van der Waals surface area contributed by atoms with E-state index >= 15 is 0 Å². The second kappa shape index (κ2) is 6.67. The van der Waals surface area contributed by atoms with Crippen molar-refractivity contribution in [3.63, 3.8) is 0 Å². The molecular weight excluding hydrogens is 330 g/mol. The summed E-state index contributed by atoms with van der Waals surface area (Å²) in [5.74, 6) is 1.48. The third kappa shape index (κ3) is 2.93. The van der Waals surface area contributed by atoms with Crippen LogP contribution in [-0.2, 0) is 25.8 Å². The SMILES string of the molecule is Cc1nc(CNC(=O)c2c(C)oc3c2C(=O)CCC3)nc2c1CCCC2. The lowest BCUT2D eigenvalue weighted by molar-refractivity contribution is 0.0925. The summed E-state index contributed by atoms with van der Waals surface area (Å²) in [5, 5.41) is 2.87. The number of hydrogen-bond acceptors (Lipinski definition) is 5. The highest BCUT2D eigenvalue weighted by Crippen LogP contribution is 2.29. The van der Waals surface area contributed by atoms with Crippen LogP contribution in [-0.4, -0.2) is 21.7 Å². The number of nitrogens with one attached hydrogen (secondary N) is 1. The lowest BCUT2D eigenvalue weighted by Crippen LogP contribution is -2.27. The van der Waals surface area contributed by atoms with E-state index in [2.05, 4.69) is 15.3 Å². The Labute approximate surface area is 152 Å². The van der Waals surface area contributed by atoms with Gasteiger partial charge in [0.1, 0.15) is 17.3 Å². The van der Waals surface area contributed by atoms with Crippen molar-refractivity contribution in [3.8, 4) is 0 Å². The predicted octanol–water partition coefficient (Wildman–Crippen LogP) is 3.01. The topological polar surface area (TPSA) is 85.1 Å². The number of carbonyl (C=O) groups is 2. The minimum atomic E-state index is -0.290. The fourth-order valence-corrected chi connectivity index (χ4v) is 4.05. The molecule has 0 saturated carbocycles. The standard InChI is InChI=1S/C20H23N3O3/c1-11-13-6-3-4-7-14(13)23-17(22-11)10-21-20(25)18-12(2)26-16-9-5-8-15(24)19(16)18/h3-10H2,1-2H3,(H,21,25). The maximum Gasteiger partial charge on any atom is 0.255 e. The minimum Gasteiger partial charge on any atom is -0.465 e. The van der Waals surface area contributed by atoms with Gasteiger partial charge in [0.15, 0.2) is 5.78 Å². The normalized spacial score (nSPS) is 16.2. The minimum absolute atomic E-state index is 0.00544. The first-order chi connectivity index (χ1) is 12.5. The van der Waals surface area contributed by atoms with E-state index in [4.69, 9.17) is 4.42 Å². The lowest BCUT2D eigenvalue weighted by Gasteiger charge is -2.17. The number of ketones is 1. The second-order valence-corrected chi connectivity index (χ2v) is 7.15. The largest absolute Gasteiger partial charge is 0.465 e. The average Bonchev–Trinajstić information content (AvgIpc) is 2.97. The number of aryl methyl sites for hydroxylation is 4. The predicted molar refractivity (Wildman–Crippen MR) is 95.3 cm³/mol. The fourth-order valence-electron chi connectivity index (χ4n) is 4.05. The van der Waals surface area contributed by atoms with Gasteiger partial charge in [-0.3, -0.25) is 9.59 Å². The molecule has 1 amide bonds. The summed E-state index contributed by atoms with van der Waals surface area (Å²) in [4.78, 5) is 34.1. The van der Waals surface area contributed by atoms with Crippen LogP contribution in [0.1, 0.15) is 80.7 Å². The molecule has 0 fully saturated rings. The third-order valence-corrected chi connectivity index (χ3v) is 5.31. The van der Waals surface area contributed by atoms with E-state index in [-0.39, 0.29) is 18.2 Å². The molecule has 0 unspecified atom stereocenters. The van der Waals surface area contributed by atoms with Crippen LogP contribution >= 0.6 is 0 Å². The molecule has 0 aliphatic heterocycles. The monoisotopic (exact) mass is 353 g/mol. The summed E-state index contributed by atoms with van der Waals surface area (Å²) >= 11 is 0. The van der Waals surface area contributed by atoms with Crippen molar-refractivity contribution in [1.29, 1.82) is 0 Å². The van der Waals surface area contributed by atoms with E-state index in [1.165, 1.54) is 12.0 Å². The molecule has 2 aromatic rings. The Kier molecular flexibility index (Phi) is 4.34. The van der Waals surface area contributed by atoms with Gasteiger partial charge >= 0.3 is 0 Å². The number of amides is 1.